The number of carbonyl (C=O) groups is 1. The summed E-state index contributed by atoms with van der Waals surface area (Å²) < 4.78 is 6.90. The normalized spacial score (nSPS) is 10.7. The van der Waals surface area contributed by atoms with Crippen molar-refractivity contribution < 1.29 is 9.21 Å². The van der Waals surface area contributed by atoms with E-state index in [1.165, 1.54) is 11.3 Å². The highest BCUT2D eigenvalue weighted by Crippen LogP contribution is 2.25. The molecule has 0 aliphatic rings. The van der Waals surface area contributed by atoms with E-state index in [0.717, 1.165) is 0 Å². The molecule has 7 heteroatoms. The van der Waals surface area contributed by atoms with Crippen LogP contribution in [0.5, 0.6) is 0 Å². The first-order valence-corrected chi connectivity index (χ1v) is 6.98. The zero-order chi connectivity index (χ0) is 13.9. The lowest BCUT2D eigenvalue weighted by atomic mass is 10.4. The second-order valence-electron chi connectivity index (χ2n) is 4.00. The van der Waals surface area contributed by atoms with Gasteiger partial charge in [-0.2, -0.15) is 5.10 Å². The molecular weight excluding hydrogens is 276 g/mol. The van der Waals surface area contributed by atoms with Crippen molar-refractivity contribution in [3.05, 3.63) is 41.7 Å². The van der Waals surface area contributed by atoms with Crippen molar-refractivity contribution in [1.29, 1.82) is 0 Å². The first-order valence-electron chi connectivity index (χ1n) is 6.10. The Balaban J connectivity index is 1.77. The molecule has 3 heterocycles. The van der Waals surface area contributed by atoms with Crippen LogP contribution < -0.4 is 5.32 Å². The molecule has 0 fully saturated rings. The Bertz CT molecular complexity index is 714. The highest BCUT2D eigenvalue weighted by molar-refractivity contribution is 7.14. The van der Waals surface area contributed by atoms with Crippen molar-refractivity contribution in [2.24, 2.45) is 0 Å². The smallest absolute Gasteiger partial charge is 0.275 e. The fourth-order valence-electron chi connectivity index (χ4n) is 1.81. The minimum Gasteiger partial charge on any atom is -0.463 e. The van der Waals surface area contributed by atoms with E-state index in [-0.39, 0.29) is 5.91 Å². The SMILES string of the molecule is CCn1nccc1C(=O)Nc1nc(-c2ccco2)cs1. The number of carbonyl (C=O) groups excluding carboxylic acids is 1. The van der Waals surface area contributed by atoms with Gasteiger partial charge in [0, 0.05) is 18.1 Å². The van der Waals surface area contributed by atoms with Gasteiger partial charge in [-0.15, -0.1) is 11.3 Å². The molecule has 3 aromatic heterocycles. The van der Waals surface area contributed by atoms with Crippen LogP contribution in [0.2, 0.25) is 0 Å². The maximum atomic E-state index is 12.1. The molecule has 0 aliphatic carbocycles. The molecule has 0 aliphatic heterocycles. The molecule has 3 aromatic rings. The van der Waals surface area contributed by atoms with Gasteiger partial charge in [0.25, 0.3) is 5.91 Å². The average Bonchev–Trinajstić information content (AvgIpc) is 3.19. The lowest BCUT2D eigenvalue weighted by molar-refractivity contribution is 0.101. The number of amides is 1. The van der Waals surface area contributed by atoms with Gasteiger partial charge in [0.2, 0.25) is 0 Å². The summed E-state index contributed by atoms with van der Waals surface area (Å²) in [7, 11) is 0. The fraction of sp³-hybridized carbons (Fsp3) is 0.154. The van der Waals surface area contributed by atoms with Crippen LogP contribution in [-0.2, 0) is 6.54 Å². The summed E-state index contributed by atoms with van der Waals surface area (Å²) in [6.07, 6.45) is 3.20. The van der Waals surface area contributed by atoms with E-state index >= 15 is 0 Å². The van der Waals surface area contributed by atoms with Crippen molar-refractivity contribution in [3.63, 3.8) is 0 Å². The number of thiazole rings is 1. The summed E-state index contributed by atoms with van der Waals surface area (Å²) in [5.41, 5.74) is 1.22. The number of nitrogens with one attached hydrogen (secondary N) is 1. The van der Waals surface area contributed by atoms with Crippen LogP contribution in [-0.4, -0.2) is 20.7 Å². The Morgan fingerprint density at radius 1 is 1.50 bits per heavy atom. The summed E-state index contributed by atoms with van der Waals surface area (Å²) in [6, 6.07) is 5.30. The summed E-state index contributed by atoms with van der Waals surface area (Å²) in [6.45, 7) is 2.58. The molecular formula is C13H12N4O2S. The van der Waals surface area contributed by atoms with E-state index in [4.69, 9.17) is 4.42 Å². The summed E-state index contributed by atoms with van der Waals surface area (Å²) in [5.74, 6) is 0.463. The minimum absolute atomic E-state index is 0.218. The molecule has 0 saturated carbocycles. The molecule has 0 spiro atoms. The van der Waals surface area contributed by atoms with E-state index in [0.29, 0.717) is 28.8 Å². The molecule has 1 amide bonds. The molecule has 0 saturated heterocycles. The van der Waals surface area contributed by atoms with Crippen LogP contribution >= 0.6 is 11.3 Å². The Morgan fingerprint density at radius 2 is 2.40 bits per heavy atom. The van der Waals surface area contributed by atoms with Gasteiger partial charge in [-0.1, -0.05) is 0 Å². The first kappa shape index (κ1) is 12.6. The number of aryl methyl sites for hydroxylation is 1. The third-order valence-corrected chi connectivity index (χ3v) is 3.50. The number of aromatic nitrogens is 3. The minimum atomic E-state index is -0.218. The van der Waals surface area contributed by atoms with Gasteiger partial charge in [0.05, 0.1) is 6.26 Å². The van der Waals surface area contributed by atoms with Crippen molar-refractivity contribution in [1.82, 2.24) is 14.8 Å². The highest BCUT2D eigenvalue weighted by Gasteiger charge is 2.14. The number of rotatable bonds is 4. The summed E-state index contributed by atoms with van der Waals surface area (Å²) >= 11 is 1.35. The fourth-order valence-corrected chi connectivity index (χ4v) is 2.50. The van der Waals surface area contributed by atoms with Crippen LogP contribution in [0.3, 0.4) is 0 Å². The summed E-state index contributed by atoms with van der Waals surface area (Å²) in [5, 5.41) is 9.21. The van der Waals surface area contributed by atoms with Crippen LogP contribution in [0.4, 0.5) is 5.13 Å². The van der Waals surface area contributed by atoms with Crippen molar-refractivity contribution in [2.75, 3.05) is 5.32 Å². The summed E-state index contributed by atoms with van der Waals surface area (Å²) in [4.78, 5) is 16.4. The Kier molecular flexibility index (Phi) is 3.34. The van der Waals surface area contributed by atoms with Crippen LogP contribution in [0.1, 0.15) is 17.4 Å². The monoisotopic (exact) mass is 288 g/mol. The Hall–Kier alpha value is -2.41. The van der Waals surface area contributed by atoms with Gasteiger partial charge in [0.1, 0.15) is 11.4 Å². The van der Waals surface area contributed by atoms with E-state index in [1.807, 2.05) is 18.4 Å². The maximum absolute atomic E-state index is 12.1. The van der Waals surface area contributed by atoms with E-state index in [2.05, 4.69) is 15.4 Å². The zero-order valence-corrected chi connectivity index (χ0v) is 11.6. The molecule has 3 rings (SSSR count). The van der Waals surface area contributed by atoms with E-state index < -0.39 is 0 Å². The van der Waals surface area contributed by atoms with E-state index in [1.54, 1.807) is 29.3 Å². The van der Waals surface area contributed by atoms with Crippen LogP contribution in [0, 0.1) is 0 Å². The quantitative estimate of drug-likeness (QED) is 0.801. The third kappa shape index (κ3) is 2.35. The van der Waals surface area contributed by atoms with Crippen molar-refractivity contribution in [2.45, 2.75) is 13.5 Å². The highest BCUT2D eigenvalue weighted by atomic mass is 32.1. The second-order valence-corrected chi connectivity index (χ2v) is 4.86. The van der Waals surface area contributed by atoms with Crippen LogP contribution in [0.15, 0.2) is 40.5 Å². The molecule has 0 radical (unpaired) electrons. The van der Waals surface area contributed by atoms with Gasteiger partial charge in [-0.05, 0) is 25.1 Å². The van der Waals surface area contributed by atoms with Gasteiger partial charge >= 0.3 is 0 Å². The predicted molar refractivity (Wildman–Crippen MR) is 75.7 cm³/mol. The van der Waals surface area contributed by atoms with Gasteiger partial charge in [-0.25, -0.2) is 4.98 Å². The third-order valence-electron chi connectivity index (χ3n) is 2.75. The van der Waals surface area contributed by atoms with Gasteiger partial charge < -0.3 is 4.42 Å². The lowest BCUT2D eigenvalue weighted by Gasteiger charge is -2.03. The van der Waals surface area contributed by atoms with Crippen molar-refractivity contribution >= 4 is 22.4 Å². The average molecular weight is 288 g/mol. The number of furan rings is 1. The first-order chi connectivity index (χ1) is 9.78. The number of hydrogen-bond acceptors (Lipinski definition) is 5. The standard InChI is InChI=1S/C13H12N4O2S/c1-2-17-10(5-6-14-17)12(18)16-13-15-9(8-20-13)11-4-3-7-19-11/h3-8H,2H2,1H3,(H,15,16,18). The molecule has 0 aromatic carbocycles. The Labute approximate surface area is 119 Å². The van der Waals surface area contributed by atoms with Gasteiger partial charge in [-0.3, -0.25) is 14.8 Å². The second kappa shape index (κ2) is 5.30. The van der Waals surface area contributed by atoms with E-state index in [9.17, 15) is 4.79 Å². The number of hydrogen-bond donors (Lipinski definition) is 1. The topological polar surface area (TPSA) is 73.0 Å². The largest absolute Gasteiger partial charge is 0.463 e. The molecule has 6 nitrogen and oxygen atoms in total. The van der Waals surface area contributed by atoms with Crippen molar-refractivity contribution in [3.8, 4) is 11.5 Å². The molecule has 0 atom stereocenters. The molecule has 0 unspecified atom stereocenters. The molecule has 1 N–H and O–H groups in total. The molecule has 102 valence electrons. The lowest BCUT2D eigenvalue weighted by Crippen LogP contribution is -2.17. The maximum Gasteiger partial charge on any atom is 0.275 e. The Morgan fingerprint density at radius 3 is 3.15 bits per heavy atom. The zero-order valence-electron chi connectivity index (χ0n) is 10.7. The predicted octanol–water partition coefficient (Wildman–Crippen LogP) is 2.87. The van der Waals surface area contributed by atoms with Gasteiger partial charge in [0.15, 0.2) is 10.9 Å². The molecule has 0 bridgehead atoms. The number of anilines is 1. The molecule has 20 heavy (non-hydrogen) atoms. The number of nitrogens with zero attached hydrogens (tertiary/aromatic N) is 3. The van der Waals surface area contributed by atoms with Crippen LogP contribution in [0.25, 0.3) is 11.5 Å².